The van der Waals surface area contributed by atoms with Gasteiger partial charge in [-0.05, 0) is 12.1 Å². The van der Waals surface area contributed by atoms with Gasteiger partial charge in [0.25, 0.3) is 0 Å². The summed E-state index contributed by atoms with van der Waals surface area (Å²) in [6.45, 7) is 1.04. The van der Waals surface area contributed by atoms with Gasteiger partial charge in [-0.15, -0.1) is 0 Å². The van der Waals surface area contributed by atoms with E-state index in [9.17, 15) is 4.79 Å². The quantitative estimate of drug-likeness (QED) is 0.760. The predicted molar refractivity (Wildman–Crippen MR) is 64.7 cm³/mol. The van der Waals surface area contributed by atoms with E-state index in [0.717, 1.165) is 16.9 Å². The maximum Gasteiger partial charge on any atom is 0.304 e. The van der Waals surface area contributed by atoms with Crippen molar-refractivity contribution in [3.05, 3.63) is 30.1 Å². The number of carbonyl (C=O) groups is 1. The van der Waals surface area contributed by atoms with Crippen LogP contribution in [-0.4, -0.2) is 27.2 Å². The van der Waals surface area contributed by atoms with E-state index >= 15 is 0 Å². The first-order chi connectivity index (χ1) is 8.18. The van der Waals surface area contributed by atoms with E-state index in [2.05, 4.69) is 10.3 Å². The third-order valence-corrected chi connectivity index (χ3v) is 2.68. The van der Waals surface area contributed by atoms with Crippen molar-refractivity contribution in [2.45, 2.75) is 13.0 Å². The first kappa shape index (κ1) is 11.6. The second-order valence-corrected chi connectivity index (χ2v) is 3.90. The topological polar surface area (TPSA) is 67.2 Å². The predicted octanol–water partition coefficient (Wildman–Crippen LogP) is 1.14. The lowest BCUT2D eigenvalue weighted by Crippen LogP contribution is -2.19. The molecule has 2 aromatic rings. The van der Waals surface area contributed by atoms with Crippen LogP contribution in [0.1, 0.15) is 12.2 Å². The minimum absolute atomic E-state index is 0.129. The second kappa shape index (κ2) is 4.97. The lowest BCUT2D eigenvalue weighted by Gasteiger charge is -2.03. The molecule has 0 radical (unpaired) electrons. The molecule has 0 saturated heterocycles. The summed E-state index contributed by atoms with van der Waals surface area (Å²) in [5, 5.41) is 11.6. The zero-order valence-electron chi connectivity index (χ0n) is 9.68. The maximum atomic E-state index is 10.4. The molecule has 5 heteroatoms. The zero-order valence-corrected chi connectivity index (χ0v) is 9.68. The molecule has 0 unspecified atom stereocenters. The first-order valence-corrected chi connectivity index (χ1v) is 5.51. The Labute approximate surface area is 99.1 Å². The van der Waals surface area contributed by atoms with Crippen molar-refractivity contribution >= 4 is 17.0 Å². The van der Waals surface area contributed by atoms with Crippen LogP contribution in [0.4, 0.5) is 0 Å². The standard InChI is InChI=1S/C12H15N3O2/c1-15-10-5-3-2-4-9(10)14-11(15)8-13-7-6-12(16)17/h2-5,13H,6-8H2,1H3,(H,16,17). The highest BCUT2D eigenvalue weighted by atomic mass is 16.4. The van der Waals surface area contributed by atoms with Crippen LogP contribution in [0.2, 0.25) is 0 Å². The van der Waals surface area contributed by atoms with Crippen LogP contribution in [0.25, 0.3) is 11.0 Å². The van der Waals surface area contributed by atoms with E-state index < -0.39 is 5.97 Å². The summed E-state index contributed by atoms with van der Waals surface area (Å²) in [6, 6.07) is 7.92. The molecule has 0 atom stereocenters. The third-order valence-electron chi connectivity index (χ3n) is 2.68. The van der Waals surface area contributed by atoms with Gasteiger partial charge in [-0.3, -0.25) is 4.79 Å². The molecule has 17 heavy (non-hydrogen) atoms. The molecular formula is C12H15N3O2. The molecule has 1 heterocycles. The lowest BCUT2D eigenvalue weighted by molar-refractivity contribution is -0.136. The average Bonchev–Trinajstić information content (AvgIpc) is 2.63. The van der Waals surface area contributed by atoms with Gasteiger partial charge in [0.05, 0.1) is 24.0 Å². The Morgan fingerprint density at radius 1 is 1.47 bits per heavy atom. The fourth-order valence-corrected chi connectivity index (χ4v) is 1.75. The van der Waals surface area contributed by atoms with Crippen LogP contribution in [-0.2, 0) is 18.4 Å². The number of para-hydroxylation sites is 2. The van der Waals surface area contributed by atoms with Gasteiger partial charge in [0.2, 0.25) is 0 Å². The summed E-state index contributed by atoms with van der Waals surface area (Å²) in [6.07, 6.45) is 0.129. The van der Waals surface area contributed by atoms with Crippen molar-refractivity contribution in [2.75, 3.05) is 6.54 Å². The Hall–Kier alpha value is -1.88. The van der Waals surface area contributed by atoms with Crippen LogP contribution in [0, 0.1) is 0 Å². The number of hydrogen-bond acceptors (Lipinski definition) is 3. The largest absolute Gasteiger partial charge is 0.481 e. The normalized spacial score (nSPS) is 10.9. The summed E-state index contributed by atoms with van der Waals surface area (Å²) in [5.74, 6) is 0.124. The van der Waals surface area contributed by atoms with E-state index in [0.29, 0.717) is 13.1 Å². The second-order valence-electron chi connectivity index (χ2n) is 3.90. The molecule has 0 fully saturated rings. The number of aromatic nitrogens is 2. The maximum absolute atomic E-state index is 10.4. The smallest absolute Gasteiger partial charge is 0.304 e. The summed E-state index contributed by atoms with van der Waals surface area (Å²) in [5.41, 5.74) is 2.05. The molecule has 0 aliphatic carbocycles. The van der Waals surface area contributed by atoms with Gasteiger partial charge in [0.1, 0.15) is 5.82 Å². The van der Waals surface area contributed by atoms with E-state index in [1.54, 1.807) is 0 Å². The molecule has 1 aromatic heterocycles. The summed E-state index contributed by atoms with van der Waals surface area (Å²) < 4.78 is 2.02. The van der Waals surface area contributed by atoms with E-state index in [4.69, 9.17) is 5.11 Å². The number of nitrogens with one attached hydrogen (secondary N) is 1. The van der Waals surface area contributed by atoms with Crippen molar-refractivity contribution in [3.63, 3.8) is 0 Å². The minimum Gasteiger partial charge on any atom is -0.481 e. The average molecular weight is 233 g/mol. The number of hydrogen-bond donors (Lipinski definition) is 2. The first-order valence-electron chi connectivity index (χ1n) is 5.51. The van der Waals surface area contributed by atoms with E-state index in [1.807, 2.05) is 35.9 Å². The number of imidazole rings is 1. The number of carboxylic acids is 1. The Kier molecular flexibility index (Phi) is 3.39. The van der Waals surface area contributed by atoms with E-state index in [1.165, 1.54) is 0 Å². The van der Waals surface area contributed by atoms with Gasteiger partial charge >= 0.3 is 5.97 Å². The van der Waals surface area contributed by atoms with Crippen molar-refractivity contribution in [1.82, 2.24) is 14.9 Å². The number of aliphatic carboxylic acids is 1. The molecule has 0 spiro atoms. The molecule has 0 bridgehead atoms. The van der Waals surface area contributed by atoms with Crippen molar-refractivity contribution in [2.24, 2.45) is 7.05 Å². The van der Waals surface area contributed by atoms with Crippen LogP contribution in [0.15, 0.2) is 24.3 Å². The number of nitrogens with zero attached hydrogens (tertiary/aromatic N) is 2. The minimum atomic E-state index is -0.789. The van der Waals surface area contributed by atoms with Crippen LogP contribution in [0.3, 0.4) is 0 Å². The van der Waals surface area contributed by atoms with Crippen molar-refractivity contribution in [1.29, 1.82) is 0 Å². The van der Waals surface area contributed by atoms with Crippen LogP contribution < -0.4 is 5.32 Å². The Bertz CT molecular complexity index is 534. The summed E-state index contributed by atoms with van der Waals surface area (Å²) in [7, 11) is 1.96. The van der Waals surface area contributed by atoms with Crippen LogP contribution in [0.5, 0.6) is 0 Å². The summed E-state index contributed by atoms with van der Waals surface area (Å²) >= 11 is 0. The molecule has 0 amide bonds. The van der Waals surface area contributed by atoms with E-state index in [-0.39, 0.29) is 6.42 Å². The Morgan fingerprint density at radius 3 is 2.94 bits per heavy atom. The third kappa shape index (κ3) is 2.62. The Balaban J connectivity index is 2.04. The van der Waals surface area contributed by atoms with Gasteiger partial charge in [-0.1, -0.05) is 12.1 Å². The fourth-order valence-electron chi connectivity index (χ4n) is 1.75. The Morgan fingerprint density at radius 2 is 2.24 bits per heavy atom. The lowest BCUT2D eigenvalue weighted by atomic mass is 10.3. The molecule has 2 N–H and O–H groups in total. The number of benzene rings is 1. The highest BCUT2D eigenvalue weighted by molar-refractivity contribution is 5.75. The molecule has 0 aliphatic heterocycles. The van der Waals surface area contributed by atoms with Gasteiger partial charge in [0.15, 0.2) is 0 Å². The fraction of sp³-hybridized carbons (Fsp3) is 0.333. The molecule has 0 aliphatic rings. The number of fused-ring (bicyclic) bond motifs is 1. The molecule has 0 saturated carbocycles. The van der Waals surface area contributed by atoms with Gasteiger partial charge in [-0.25, -0.2) is 4.98 Å². The molecule has 1 aromatic carbocycles. The highest BCUT2D eigenvalue weighted by Crippen LogP contribution is 2.13. The highest BCUT2D eigenvalue weighted by Gasteiger charge is 2.06. The monoisotopic (exact) mass is 233 g/mol. The molecule has 5 nitrogen and oxygen atoms in total. The molecular weight excluding hydrogens is 218 g/mol. The number of rotatable bonds is 5. The SMILES string of the molecule is Cn1c(CNCCC(=O)O)nc2ccccc21. The molecule has 2 rings (SSSR count). The van der Waals surface area contributed by atoms with Crippen molar-refractivity contribution in [3.8, 4) is 0 Å². The molecule has 90 valence electrons. The van der Waals surface area contributed by atoms with Crippen molar-refractivity contribution < 1.29 is 9.90 Å². The van der Waals surface area contributed by atoms with Gasteiger partial charge in [-0.2, -0.15) is 0 Å². The van der Waals surface area contributed by atoms with Gasteiger partial charge < -0.3 is 15.0 Å². The summed E-state index contributed by atoms with van der Waals surface area (Å²) in [4.78, 5) is 14.8. The number of carboxylic acid groups (broad SMARTS) is 1. The van der Waals surface area contributed by atoms with Gasteiger partial charge in [0, 0.05) is 13.6 Å². The number of aryl methyl sites for hydroxylation is 1. The zero-order chi connectivity index (χ0) is 12.3. The van der Waals surface area contributed by atoms with Crippen LogP contribution >= 0.6 is 0 Å².